The molecule has 3 heterocycles. The van der Waals surface area contributed by atoms with Crippen LogP contribution in [0.4, 0.5) is 5.13 Å². The molecule has 5 nitrogen and oxygen atoms in total. The summed E-state index contributed by atoms with van der Waals surface area (Å²) in [6.07, 6.45) is 5.61. The lowest BCUT2D eigenvalue weighted by Gasteiger charge is -2.34. The van der Waals surface area contributed by atoms with Crippen LogP contribution in [0.15, 0.2) is 30.7 Å². The first-order chi connectivity index (χ1) is 9.79. The number of nitrogens with zero attached hydrogens (tertiary/aromatic N) is 4. The van der Waals surface area contributed by atoms with Gasteiger partial charge < -0.3 is 5.73 Å². The number of rotatable bonds is 4. The van der Waals surface area contributed by atoms with Crippen LogP contribution in [-0.2, 0) is 13.1 Å². The van der Waals surface area contributed by atoms with Gasteiger partial charge in [-0.15, -0.1) is 11.3 Å². The monoisotopic (exact) mass is 289 g/mol. The van der Waals surface area contributed by atoms with Gasteiger partial charge in [-0.25, -0.2) is 4.98 Å². The average molecular weight is 289 g/mol. The minimum Gasteiger partial charge on any atom is -0.375 e. The topological polar surface area (TPSA) is 58.3 Å². The number of nitrogen functional groups attached to an aromatic ring is 1. The van der Waals surface area contributed by atoms with Gasteiger partial charge in [0.15, 0.2) is 5.13 Å². The van der Waals surface area contributed by atoms with Crippen molar-refractivity contribution < 1.29 is 0 Å². The Bertz CT molecular complexity index is 534. The van der Waals surface area contributed by atoms with Crippen LogP contribution in [0.1, 0.15) is 10.4 Å². The van der Waals surface area contributed by atoms with E-state index in [0.29, 0.717) is 5.13 Å². The molecule has 1 aliphatic rings. The van der Waals surface area contributed by atoms with Gasteiger partial charge in [0.25, 0.3) is 0 Å². The average Bonchev–Trinajstić information content (AvgIpc) is 2.88. The van der Waals surface area contributed by atoms with E-state index in [1.54, 1.807) is 11.3 Å². The molecule has 0 aliphatic carbocycles. The number of hydrogen-bond acceptors (Lipinski definition) is 6. The van der Waals surface area contributed by atoms with Crippen LogP contribution in [0, 0.1) is 0 Å². The van der Waals surface area contributed by atoms with Crippen LogP contribution >= 0.6 is 11.3 Å². The molecule has 2 N–H and O–H groups in total. The van der Waals surface area contributed by atoms with Crippen LogP contribution in [0.25, 0.3) is 0 Å². The number of nitrogens with two attached hydrogens (primary N) is 1. The largest absolute Gasteiger partial charge is 0.375 e. The first-order valence-electron chi connectivity index (χ1n) is 6.83. The fraction of sp³-hybridized carbons (Fsp3) is 0.429. The van der Waals surface area contributed by atoms with Crippen molar-refractivity contribution in [3.8, 4) is 0 Å². The van der Waals surface area contributed by atoms with Crippen LogP contribution in [0.5, 0.6) is 0 Å². The predicted octanol–water partition coefficient (Wildman–Crippen LogP) is 1.44. The van der Waals surface area contributed by atoms with Crippen molar-refractivity contribution in [3.63, 3.8) is 0 Å². The second-order valence-corrected chi connectivity index (χ2v) is 6.22. The summed E-state index contributed by atoms with van der Waals surface area (Å²) in [5, 5.41) is 0.663. The summed E-state index contributed by atoms with van der Waals surface area (Å²) in [6.45, 7) is 6.40. The second-order valence-electron chi connectivity index (χ2n) is 5.07. The summed E-state index contributed by atoms with van der Waals surface area (Å²) >= 11 is 1.59. The molecule has 1 aliphatic heterocycles. The van der Waals surface area contributed by atoms with Crippen LogP contribution < -0.4 is 5.73 Å². The molecule has 1 fully saturated rings. The summed E-state index contributed by atoms with van der Waals surface area (Å²) in [6, 6.07) is 4.18. The minimum absolute atomic E-state index is 0.663. The molecule has 6 heteroatoms. The lowest BCUT2D eigenvalue weighted by molar-refractivity contribution is 0.123. The third kappa shape index (κ3) is 3.53. The summed E-state index contributed by atoms with van der Waals surface area (Å²) in [4.78, 5) is 14.4. The Morgan fingerprint density at radius 2 is 1.70 bits per heavy atom. The quantitative estimate of drug-likeness (QED) is 0.923. The predicted molar refractivity (Wildman–Crippen MR) is 81.3 cm³/mol. The summed E-state index contributed by atoms with van der Waals surface area (Å²) in [7, 11) is 0. The first kappa shape index (κ1) is 13.5. The molecular formula is C14H19N5S. The number of pyridine rings is 1. The van der Waals surface area contributed by atoms with Gasteiger partial charge in [-0.2, -0.15) is 0 Å². The van der Waals surface area contributed by atoms with E-state index in [4.69, 9.17) is 5.73 Å². The molecule has 0 saturated carbocycles. The summed E-state index contributed by atoms with van der Waals surface area (Å²) in [5.41, 5.74) is 7.00. The minimum atomic E-state index is 0.663. The molecule has 0 radical (unpaired) electrons. The van der Waals surface area contributed by atoms with E-state index in [1.807, 2.05) is 18.6 Å². The van der Waals surface area contributed by atoms with Crippen molar-refractivity contribution in [2.45, 2.75) is 13.1 Å². The van der Waals surface area contributed by atoms with Crippen molar-refractivity contribution >= 4 is 16.5 Å². The number of thiazole rings is 1. The van der Waals surface area contributed by atoms with Gasteiger partial charge in [0.2, 0.25) is 0 Å². The van der Waals surface area contributed by atoms with Crippen LogP contribution in [-0.4, -0.2) is 45.9 Å². The number of hydrogen-bond donors (Lipinski definition) is 1. The van der Waals surface area contributed by atoms with Crippen molar-refractivity contribution in [2.75, 3.05) is 31.9 Å². The van der Waals surface area contributed by atoms with E-state index in [-0.39, 0.29) is 0 Å². The normalized spacial score (nSPS) is 17.4. The van der Waals surface area contributed by atoms with E-state index in [0.717, 1.165) is 39.3 Å². The molecule has 0 aromatic carbocycles. The molecule has 0 amide bonds. The van der Waals surface area contributed by atoms with Gasteiger partial charge in [0.05, 0.1) is 0 Å². The molecule has 106 valence electrons. The van der Waals surface area contributed by atoms with Gasteiger partial charge in [0, 0.05) is 62.7 Å². The van der Waals surface area contributed by atoms with E-state index in [1.165, 1.54) is 10.4 Å². The third-order valence-electron chi connectivity index (χ3n) is 3.57. The fourth-order valence-electron chi connectivity index (χ4n) is 2.47. The summed E-state index contributed by atoms with van der Waals surface area (Å²) in [5.74, 6) is 0. The maximum atomic E-state index is 5.67. The molecule has 0 atom stereocenters. The lowest BCUT2D eigenvalue weighted by atomic mass is 10.2. The maximum Gasteiger partial charge on any atom is 0.180 e. The molecule has 0 bridgehead atoms. The third-order valence-corrected chi connectivity index (χ3v) is 4.38. The van der Waals surface area contributed by atoms with Gasteiger partial charge in [-0.1, -0.05) is 0 Å². The van der Waals surface area contributed by atoms with Gasteiger partial charge >= 0.3 is 0 Å². The molecule has 2 aromatic heterocycles. The van der Waals surface area contributed by atoms with Gasteiger partial charge in [-0.3, -0.25) is 14.8 Å². The molecule has 0 spiro atoms. The summed E-state index contributed by atoms with van der Waals surface area (Å²) < 4.78 is 0. The van der Waals surface area contributed by atoms with E-state index in [2.05, 4.69) is 31.9 Å². The standard InChI is InChI=1S/C14H19N5S/c15-14-17-9-13(20-14)11-19-7-5-18(6-8-19)10-12-1-3-16-4-2-12/h1-4,9H,5-8,10-11H2,(H2,15,17). The SMILES string of the molecule is Nc1ncc(CN2CCN(Cc3ccncc3)CC2)s1. The zero-order valence-corrected chi connectivity index (χ0v) is 12.2. The van der Waals surface area contributed by atoms with Crippen molar-refractivity contribution in [3.05, 3.63) is 41.2 Å². The Kier molecular flexibility index (Phi) is 4.25. The highest BCUT2D eigenvalue weighted by Gasteiger charge is 2.17. The van der Waals surface area contributed by atoms with E-state index in [9.17, 15) is 0 Å². The van der Waals surface area contributed by atoms with Crippen molar-refractivity contribution in [2.24, 2.45) is 0 Å². The number of aromatic nitrogens is 2. The van der Waals surface area contributed by atoms with E-state index >= 15 is 0 Å². The molecule has 1 saturated heterocycles. The van der Waals surface area contributed by atoms with Crippen LogP contribution in [0.3, 0.4) is 0 Å². The maximum absolute atomic E-state index is 5.67. The smallest absolute Gasteiger partial charge is 0.180 e. The Morgan fingerprint density at radius 3 is 2.30 bits per heavy atom. The van der Waals surface area contributed by atoms with Crippen LogP contribution in [0.2, 0.25) is 0 Å². The zero-order chi connectivity index (χ0) is 13.8. The Labute approximate surface area is 123 Å². The highest BCUT2D eigenvalue weighted by molar-refractivity contribution is 7.15. The first-order valence-corrected chi connectivity index (χ1v) is 7.65. The van der Waals surface area contributed by atoms with Crippen molar-refractivity contribution in [1.82, 2.24) is 19.8 Å². The number of piperazine rings is 1. The molecular weight excluding hydrogens is 270 g/mol. The highest BCUT2D eigenvalue weighted by Crippen LogP contribution is 2.17. The van der Waals surface area contributed by atoms with Gasteiger partial charge in [0.1, 0.15) is 0 Å². The molecule has 3 rings (SSSR count). The molecule has 20 heavy (non-hydrogen) atoms. The van der Waals surface area contributed by atoms with Gasteiger partial charge in [-0.05, 0) is 17.7 Å². The zero-order valence-electron chi connectivity index (χ0n) is 11.4. The fourth-order valence-corrected chi connectivity index (χ4v) is 3.19. The molecule has 2 aromatic rings. The Balaban J connectivity index is 1.47. The highest BCUT2D eigenvalue weighted by atomic mass is 32.1. The number of anilines is 1. The Hall–Kier alpha value is -1.50. The van der Waals surface area contributed by atoms with Crippen molar-refractivity contribution in [1.29, 1.82) is 0 Å². The Morgan fingerprint density at radius 1 is 1.05 bits per heavy atom. The lowest BCUT2D eigenvalue weighted by Crippen LogP contribution is -2.45. The van der Waals surface area contributed by atoms with E-state index < -0.39 is 0 Å². The second kappa shape index (κ2) is 6.30. The molecule has 0 unspecified atom stereocenters.